The van der Waals surface area contributed by atoms with Crippen molar-refractivity contribution in [2.75, 3.05) is 37.4 Å². The van der Waals surface area contributed by atoms with Gasteiger partial charge < -0.3 is 20.3 Å². The minimum atomic E-state index is -0.178. The van der Waals surface area contributed by atoms with E-state index in [0.717, 1.165) is 10.5 Å². The Labute approximate surface area is 164 Å². The van der Waals surface area contributed by atoms with Crippen LogP contribution in [0.2, 0.25) is 5.02 Å². The number of hydrogen-bond donors (Lipinski definition) is 3. The summed E-state index contributed by atoms with van der Waals surface area (Å²) in [5.41, 5.74) is 2.11. The second kappa shape index (κ2) is 9.94. The first-order valence-corrected chi connectivity index (χ1v) is 9.13. The minimum Gasteiger partial charge on any atom is -0.495 e. The molecule has 0 aliphatic carbocycles. The Morgan fingerprint density at radius 3 is 2.22 bits per heavy atom. The van der Waals surface area contributed by atoms with Crippen LogP contribution in [0.4, 0.5) is 11.4 Å². The fraction of sp³-hybridized carbons (Fsp3) is 0.300. The lowest BCUT2D eigenvalue weighted by Gasteiger charge is -2.18. The van der Waals surface area contributed by atoms with Gasteiger partial charge in [-0.15, -0.1) is 0 Å². The van der Waals surface area contributed by atoms with Crippen molar-refractivity contribution in [1.29, 1.82) is 0 Å². The molecule has 2 amide bonds. The zero-order valence-corrected chi connectivity index (χ0v) is 16.5. The average molecular weight is 391 g/mol. The molecule has 0 aromatic heterocycles. The molecule has 2 aromatic carbocycles. The van der Waals surface area contributed by atoms with Crippen LogP contribution in [0.3, 0.4) is 0 Å². The van der Waals surface area contributed by atoms with Crippen molar-refractivity contribution < 1.29 is 19.2 Å². The number of benzene rings is 2. The molecule has 0 aliphatic heterocycles. The van der Waals surface area contributed by atoms with Gasteiger partial charge in [-0.1, -0.05) is 29.8 Å². The van der Waals surface area contributed by atoms with Crippen LogP contribution in [-0.4, -0.2) is 38.6 Å². The maximum absolute atomic E-state index is 12.4. The third-order valence-electron chi connectivity index (χ3n) is 4.24. The number of nitrogens with one attached hydrogen (secondary N) is 3. The standard InChI is InChI=1S/C20H24ClN3O3/c1-4-24(12-19(25)22-16-10-7-8-15(21)14(16)2)13-20(26)23-17-9-5-6-11-18(17)27-3/h5-11H,4,12-13H2,1-3H3,(H,22,25)(H,23,26)/p+1. The zero-order chi connectivity index (χ0) is 19.8. The summed E-state index contributed by atoms with van der Waals surface area (Å²) in [5.74, 6) is 0.253. The van der Waals surface area contributed by atoms with E-state index in [1.165, 1.54) is 0 Å². The van der Waals surface area contributed by atoms with E-state index in [0.29, 0.717) is 28.7 Å². The van der Waals surface area contributed by atoms with Gasteiger partial charge in [0.25, 0.3) is 11.8 Å². The molecule has 2 aromatic rings. The lowest BCUT2D eigenvalue weighted by molar-refractivity contribution is -0.881. The third-order valence-corrected chi connectivity index (χ3v) is 4.65. The molecule has 144 valence electrons. The number of amides is 2. The lowest BCUT2D eigenvalue weighted by Crippen LogP contribution is -3.13. The molecule has 1 atom stereocenters. The molecule has 6 nitrogen and oxygen atoms in total. The molecular formula is C20H25ClN3O3+. The molecule has 0 radical (unpaired) electrons. The van der Waals surface area contributed by atoms with Crippen LogP contribution >= 0.6 is 11.6 Å². The Balaban J connectivity index is 1.93. The second-order valence-corrected chi connectivity index (χ2v) is 6.57. The van der Waals surface area contributed by atoms with Gasteiger partial charge in [0.1, 0.15) is 5.75 Å². The number of anilines is 2. The third kappa shape index (κ3) is 5.98. The van der Waals surface area contributed by atoms with Crippen LogP contribution in [0.25, 0.3) is 0 Å². The van der Waals surface area contributed by atoms with E-state index < -0.39 is 0 Å². The van der Waals surface area contributed by atoms with Crippen LogP contribution in [-0.2, 0) is 9.59 Å². The monoisotopic (exact) mass is 390 g/mol. The Hall–Kier alpha value is -2.57. The molecule has 2 rings (SSSR count). The number of likely N-dealkylation sites (N-methyl/N-ethyl adjacent to an activating group) is 1. The molecule has 0 fully saturated rings. The van der Waals surface area contributed by atoms with Gasteiger partial charge in [0, 0.05) is 10.7 Å². The van der Waals surface area contributed by atoms with Crippen molar-refractivity contribution in [2.45, 2.75) is 13.8 Å². The molecule has 0 aliphatic rings. The van der Waals surface area contributed by atoms with Gasteiger partial charge in [-0.2, -0.15) is 0 Å². The highest BCUT2D eigenvalue weighted by Crippen LogP contribution is 2.23. The summed E-state index contributed by atoms with van der Waals surface area (Å²) < 4.78 is 5.23. The van der Waals surface area contributed by atoms with Crippen LogP contribution in [0.5, 0.6) is 5.75 Å². The fourth-order valence-corrected chi connectivity index (χ4v) is 2.82. The summed E-state index contributed by atoms with van der Waals surface area (Å²) in [7, 11) is 1.55. The molecule has 0 bridgehead atoms. The second-order valence-electron chi connectivity index (χ2n) is 6.17. The number of halogens is 1. The molecule has 0 spiro atoms. The molecule has 0 saturated carbocycles. The molecule has 27 heavy (non-hydrogen) atoms. The van der Waals surface area contributed by atoms with E-state index in [-0.39, 0.29) is 24.9 Å². The van der Waals surface area contributed by atoms with Gasteiger partial charge in [-0.25, -0.2) is 0 Å². The smallest absolute Gasteiger partial charge is 0.279 e. The first kappa shape index (κ1) is 20.7. The van der Waals surface area contributed by atoms with Gasteiger partial charge in [0.05, 0.1) is 19.3 Å². The number of quaternary nitrogens is 1. The van der Waals surface area contributed by atoms with E-state index in [4.69, 9.17) is 16.3 Å². The summed E-state index contributed by atoms with van der Waals surface area (Å²) in [4.78, 5) is 25.6. The number of carbonyl (C=O) groups excluding carboxylic acids is 2. The van der Waals surface area contributed by atoms with Crippen molar-refractivity contribution in [2.24, 2.45) is 0 Å². The number of para-hydroxylation sites is 2. The van der Waals surface area contributed by atoms with Gasteiger partial charge in [0.15, 0.2) is 13.1 Å². The molecule has 0 saturated heterocycles. The summed E-state index contributed by atoms with van der Waals surface area (Å²) in [6, 6.07) is 12.6. The maximum Gasteiger partial charge on any atom is 0.279 e. The first-order chi connectivity index (χ1) is 12.9. The van der Waals surface area contributed by atoms with E-state index in [1.807, 2.05) is 26.0 Å². The van der Waals surface area contributed by atoms with Gasteiger partial charge in [-0.3, -0.25) is 9.59 Å². The Morgan fingerprint density at radius 2 is 1.59 bits per heavy atom. The van der Waals surface area contributed by atoms with Crippen molar-refractivity contribution >= 4 is 34.8 Å². The van der Waals surface area contributed by atoms with Crippen LogP contribution in [0, 0.1) is 6.92 Å². The highest BCUT2D eigenvalue weighted by atomic mass is 35.5. The normalized spacial score (nSPS) is 11.6. The predicted octanol–water partition coefficient (Wildman–Crippen LogP) is 2.14. The van der Waals surface area contributed by atoms with Crippen molar-refractivity contribution in [3.8, 4) is 5.75 Å². The molecule has 1 unspecified atom stereocenters. The number of ether oxygens (including phenoxy) is 1. The van der Waals surface area contributed by atoms with Gasteiger partial charge in [-0.05, 0) is 43.7 Å². The zero-order valence-electron chi connectivity index (χ0n) is 15.8. The Morgan fingerprint density at radius 1 is 1.00 bits per heavy atom. The summed E-state index contributed by atoms with van der Waals surface area (Å²) in [6.07, 6.45) is 0. The first-order valence-electron chi connectivity index (χ1n) is 8.76. The van der Waals surface area contributed by atoms with E-state index in [9.17, 15) is 9.59 Å². The average Bonchev–Trinajstić information content (AvgIpc) is 2.65. The topological polar surface area (TPSA) is 71.9 Å². The number of carbonyl (C=O) groups is 2. The van der Waals surface area contributed by atoms with Crippen molar-refractivity contribution in [1.82, 2.24) is 0 Å². The molecule has 7 heteroatoms. The van der Waals surface area contributed by atoms with Crippen LogP contribution in [0.1, 0.15) is 12.5 Å². The highest BCUT2D eigenvalue weighted by Gasteiger charge is 2.18. The number of methoxy groups -OCH3 is 1. The number of rotatable bonds is 8. The molecular weight excluding hydrogens is 366 g/mol. The number of hydrogen-bond acceptors (Lipinski definition) is 3. The van der Waals surface area contributed by atoms with Gasteiger partial charge >= 0.3 is 0 Å². The van der Waals surface area contributed by atoms with E-state index in [1.54, 1.807) is 37.4 Å². The Kier molecular flexibility index (Phi) is 7.64. The largest absolute Gasteiger partial charge is 0.495 e. The Bertz CT molecular complexity index is 811. The molecule has 3 N–H and O–H groups in total. The highest BCUT2D eigenvalue weighted by molar-refractivity contribution is 6.31. The van der Waals surface area contributed by atoms with E-state index >= 15 is 0 Å². The predicted molar refractivity (Wildman–Crippen MR) is 108 cm³/mol. The summed E-state index contributed by atoms with van der Waals surface area (Å²) in [6.45, 7) is 4.78. The summed E-state index contributed by atoms with van der Waals surface area (Å²) >= 11 is 6.08. The SMILES string of the molecule is CC[NH+](CC(=O)Nc1ccccc1OC)CC(=O)Nc1cccc(Cl)c1C. The van der Waals surface area contributed by atoms with Crippen LogP contribution in [0.15, 0.2) is 42.5 Å². The van der Waals surface area contributed by atoms with Crippen molar-refractivity contribution in [3.05, 3.63) is 53.1 Å². The summed E-state index contributed by atoms with van der Waals surface area (Å²) in [5, 5.41) is 6.29. The molecule has 0 heterocycles. The maximum atomic E-state index is 12.4. The fourth-order valence-electron chi connectivity index (χ4n) is 2.65. The lowest BCUT2D eigenvalue weighted by atomic mass is 10.2. The quantitative estimate of drug-likeness (QED) is 0.646. The van der Waals surface area contributed by atoms with Gasteiger partial charge in [0.2, 0.25) is 0 Å². The van der Waals surface area contributed by atoms with Crippen molar-refractivity contribution in [3.63, 3.8) is 0 Å². The van der Waals surface area contributed by atoms with E-state index in [2.05, 4.69) is 10.6 Å². The minimum absolute atomic E-state index is 0.165. The van der Waals surface area contributed by atoms with Crippen LogP contribution < -0.4 is 20.3 Å².